The van der Waals surface area contributed by atoms with E-state index in [4.69, 9.17) is 5.73 Å². The first-order chi connectivity index (χ1) is 11.2. The lowest BCUT2D eigenvalue weighted by Gasteiger charge is -2.10. The summed E-state index contributed by atoms with van der Waals surface area (Å²) in [5.41, 5.74) is 4.35. The SMILES string of the molecule is Nc1ccc(C(=O)NCc2cccc(C(F)(F)F)c2)cc1[N+](=O)[O-]. The third-order valence-electron chi connectivity index (χ3n) is 3.20. The number of nitrogen functional groups attached to an aromatic ring is 1. The van der Waals surface area contributed by atoms with Crippen LogP contribution in [0.3, 0.4) is 0 Å². The monoisotopic (exact) mass is 339 g/mol. The van der Waals surface area contributed by atoms with Gasteiger partial charge in [0, 0.05) is 18.2 Å². The molecular formula is C15H12F3N3O3. The van der Waals surface area contributed by atoms with Gasteiger partial charge in [0.25, 0.3) is 11.6 Å². The number of amides is 1. The van der Waals surface area contributed by atoms with Crippen LogP contribution in [0.1, 0.15) is 21.5 Å². The minimum Gasteiger partial charge on any atom is -0.393 e. The average Bonchev–Trinajstić information content (AvgIpc) is 2.52. The molecule has 9 heteroatoms. The van der Waals surface area contributed by atoms with E-state index in [9.17, 15) is 28.1 Å². The van der Waals surface area contributed by atoms with Crippen molar-refractivity contribution in [1.82, 2.24) is 5.32 Å². The van der Waals surface area contributed by atoms with Gasteiger partial charge in [0.2, 0.25) is 0 Å². The summed E-state index contributed by atoms with van der Waals surface area (Å²) in [6.45, 7) is -0.152. The second-order valence-corrected chi connectivity index (χ2v) is 4.91. The number of carbonyl (C=O) groups excluding carboxylic acids is 1. The summed E-state index contributed by atoms with van der Waals surface area (Å²) in [6.07, 6.45) is -4.47. The van der Waals surface area contributed by atoms with E-state index in [1.165, 1.54) is 24.3 Å². The lowest BCUT2D eigenvalue weighted by molar-refractivity contribution is -0.383. The van der Waals surface area contributed by atoms with Gasteiger partial charge in [0.1, 0.15) is 5.69 Å². The zero-order chi connectivity index (χ0) is 17.9. The number of rotatable bonds is 4. The van der Waals surface area contributed by atoms with Crippen molar-refractivity contribution in [3.05, 3.63) is 69.3 Å². The fourth-order valence-corrected chi connectivity index (χ4v) is 1.99. The number of nitrogens with two attached hydrogens (primary N) is 1. The molecule has 2 rings (SSSR count). The molecule has 0 fully saturated rings. The van der Waals surface area contributed by atoms with Crippen LogP contribution < -0.4 is 11.1 Å². The Kier molecular flexibility index (Phi) is 4.72. The maximum absolute atomic E-state index is 12.6. The highest BCUT2D eigenvalue weighted by Crippen LogP contribution is 2.29. The van der Waals surface area contributed by atoms with Crippen LogP contribution in [0.15, 0.2) is 42.5 Å². The van der Waals surface area contributed by atoms with E-state index in [1.54, 1.807) is 0 Å². The van der Waals surface area contributed by atoms with Crippen LogP contribution in [-0.4, -0.2) is 10.8 Å². The van der Waals surface area contributed by atoms with Crippen molar-refractivity contribution in [2.45, 2.75) is 12.7 Å². The first kappa shape index (κ1) is 17.3. The summed E-state index contributed by atoms with van der Waals surface area (Å²) in [4.78, 5) is 22.1. The van der Waals surface area contributed by atoms with Gasteiger partial charge in [0.05, 0.1) is 10.5 Å². The summed E-state index contributed by atoms with van der Waals surface area (Å²) < 4.78 is 37.9. The standard InChI is InChI=1S/C15H12F3N3O3/c16-15(17,18)11-3-1-2-9(6-11)8-20-14(22)10-4-5-12(19)13(7-10)21(23)24/h1-7H,8,19H2,(H,20,22). The van der Waals surface area contributed by atoms with E-state index in [-0.39, 0.29) is 23.4 Å². The molecule has 0 saturated carbocycles. The third kappa shape index (κ3) is 4.00. The lowest BCUT2D eigenvalue weighted by Crippen LogP contribution is -2.23. The average molecular weight is 339 g/mol. The van der Waals surface area contributed by atoms with Crippen molar-refractivity contribution in [1.29, 1.82) is 0 Å². The predicted molar refractivity (Wildman–Crippen MR) is 80.1 cm³/mol. The number of nitro groups is 1. The Morgan fingerprint density at radius 1 is 1.21 bits per heavy atom. The second-order valence-electron chi connectivity index (χ2n) is 4.91. The molecule has 0 spiro atoms. The summed E-state index contributed by atoms with van der Waals surface area (Å²) in [5.74, 6) is -0.657. The van der Waals surface area contributed by atoms with E-state index in [0.717, 1.165) is 18.2 Å². The topological polar surface area (TPSA) is 98.3 Å². The van der Waals surface area contributed by atoms with Gasteiger partial charge in [-0.05, 0) is 29.8 Å². The molecule has 0 aliphatic rings. The van der Waals surface area contributed by atoms with Gasteiger partial charge >= 0.3 is 6.18 Å². The fraction of sp³-hybridized carbons (Fsp3) is 0.133. The van der Waals surface area contributed by atoms with Crippen molar-refractivity contribution in [2.75, 3.05) is 5.73 Å². The lowest BCUT2D eigenvalue weighted by atomic mass is 10.1. The number of nitro benzene ring substituents is 1. The number of nitrogens with zero attached hydrogens (tertiary/aromatic N) is 1. The minimum atomic E-state index is -4.47. The van der Waals surface area contributed by atoms with Gasteiger partial charge in [0.15, 0.2) is 0 Å². The number of anilines is 1. The van der Waals surface area contributed by atoms with Crippen LogP contribution in [0.25, 0.3) is 0 Å². The summed E-state index contributed by atoms with van der Waals surface area (Å²) in [5, 5.41) is 13.2. The van der Waals surface area contributed by atoms with Crippen LogP contribution in [-0.2, 0) is 12.7 Å². The first-order valence-electron chi connectivity index (χ1n) is 6.67. The number of nitrogens with one attached hydrogen (secondary N) is 1. The van der Waals surface area contributed by atoms with Gasteiger partial charge in [-0.15, -0.1) is 0 Å². The molecule has 24 heavy (non-hydrogen) atoms. The molecule has 126 valence electrons. The summed E-state index contributed by atoms with van der Waals surface area (Å²) >= 11 is 0. The molecule has 2 aromatic carbocycles. The molecule has 0 unspecified atom stereocenters. The molecule has 0 aliphatic carbocycles. The smallest absolute Gasteiger partial charge is 0.393 e. The zero-order valence-corrected chi connectivity index (χ0v) is 12.1. The minimum absolute atomic E-state index is 0.0112. The van der Waals surface area contributed by atoms with Crippen LogP contribution in [0.2, 0.25) is 0 Å². The van der Waals surface area contributed by atoms with Crippen LogP contribution in [0, 0.1) is 10.1 Å². The van der Waals surface area contributed by atoms with Crippen molar-refractivity contribution in [2.24, 2.45) is 0 Å². The number of halogens is 3. The zero-order valence-electron chi connectivity index (χ0n) is 12.1. The first-order valence-corrected chi connectivity index (χ1v) is 6.67. The Morgan fingerprint density at radius 3 is 2.54 bits per heavy atom. The second kappa shape index (κ2) is 6.57. The predicted octanol–water partition coefficient (Wildman–Crippen LogP) is 3.13. The fourth-order valence-electron chi connectivity index (χ4n) is 1.99. The summed E-state index contributed by atoms with van der Waals surface area (Å²) in [6, 6.07) is 8.04. The molecule has 0 aliphatic heterocycles. The Bertz CT molecular complexity index is 791. The molecule has 0 bridgehead atoms. The number of alkyl halides is 3. The van der Waals surface area contributed by atoms with Crippen LogP contribution in [0.4, 0.5) is 24.5 Å². The largest absolute Gasteiger partial charge is 0.416 e. The Hall–Kier alpha value is -3.10. The molecule has 0 atom stereocenters. The van der Waals surface area contributed by atoms with Crippen molar-refractivity contribution in [3.8, 4) is 0 Å². The van der Waals surface area contributed by atoms with E-state index in [2.05, 4.69) is 5.32 Å². The number of benzene rings is 2. The molecule has 0 heterocycles. The summed E-state index contributed by atoms with van der Waals surface area (Å²) in [7, 11) is 0. The van der Waals surface area contributed by atoms with Gasteiger partial charge < -0.3 is 11.1 Å². The van der Waals surface area contributed by atoms with E-state index in [1.807, 2.05) is 0 Å². The van der Waals surface area contributed by atoms with Gasteiger partial charge in [-0.25, -0.2) is 0 Å². The van der Waals surface area contributed by atoms with Crippen LogP contribution >= 0.6 is 0 Å². The molecular weight excluding hydrogens is 327 g/mol. The van der Waals surface area contributed by atoms with Crippen molar-refractivity contribution < 1.29 is 22.9 Å². The Balaban J connectivity index is 2.11. The van der Waals surface area contributed by atoms with Gasteiger partial charge in [-0.2, -0.15) is 13.2 Å². The van der Waals surface area contributed by atoms with Crippen LogP contribution in [0.5, 0.6) is 0 Å². The van der Waals surface area contributed by atoms with Gasteiger partial charge in [-0.1, -0.05) is 12.1 Å². The Labute approximate surface area is 134 Å². The maximum atomic E-state index is 12.6. The van der Waals surface area contributed by atoms with Crippen molar-refractivity contribution in [3.63, 3.8) is 0 Å². The normalized spacial score (nSPS) is 11.1. The number of hydrogen-bond donors (Lipinski definition) is 2. The highest BCUT2D eigenvalue weighted by molar-refractivity contribution is 5.95. The third-order valence-corrected chi connectivity index (χ3v) is 3.20. The van der Waals surface area contributed by atoms with Crippen molar-refractivity contribution >= 4 is 17.3 Å². The molecule has 6 nitrogen and oxygen atoms in total. The van der Waals surface area contributed by atoms with Gasteiger partial charge in [-0.3, -0.25) is 14.9 Å². The molecule has 1 amide bonds. The molecule has 2 aromatic rings. The number of carbonyl (C=O) groups is 1. The molecule has 0 saturated heterocycles. The molecule has 3 N–H and O–H groups in total. The molecule has 0 radical (unpaired) electrons. The molecule has 0 aromatic heterocycles. The number of hydrogen-bond acceptors (Lipinski definition) is 4. The maximum Gasteiger partial charge on any atom is 0.416 e. The van der Waals surface area contributed by atoms with E-state index < -0.39 is 28.3 Å². The highest BCUT2D eigenvalue weighted by atomic mass is 19.4. The van der Waals surface area contributed by atoms with E-state index in [0.29, 0.717) is 0 Å². The van der Waals surface area contributed by atoms with E-state index >= 15 is 0 Å². The Morgan fingerprint density at radius 2 is 1.92 bits per heavy atom. The quantitative estimate of drug-likeness (QED) is 0.508. The highest BCUT2D eigenvalue weighted by Gasteiger charge is 2.30.